The van der Waals surface area contributed by atoms with Crippen molar-refractivity contribution in [2.24, 2.45) is 23.7 Å². The highest BCUT2D eigenvalue weighted by Crippen LogP contribution is 2.52. The summed E-state index contributed by atoms with van der Waals surface area (Å²) < 4.78 is 18.1. The lowest BCUT2D eigenvalue weighted by Crippen LogP contribution is -2.39. The molecule has 2 aliphatic carbocycles. The molecule has 0 aromatic heterocycles. The van der Waals surface area contributed by atoms with Crippen LogP contribution in [0.5, 0.6) is 0 Å². The third-order valence-corrected chi connectivity index (χ3v) is 5.66. The molecule has 1 aliphatic heterocycles. The smallest absolute Gasteiger partial charge is 0.326 e. The minimum absolute atomic E-state index is 0.0662. The lowest BCUT2D eigenvalue weighted by molar-refractivity contribution is -0.155. The van der Waals surface area contributed by atoms with E-state index < -0.39 is 30.2 Å². The van der Waals surface area contributed by atoms with Gasteiger partial charge in [0.2, 0.25) is 17.6 Å². The summed E-state index contributed by atoms with van der Waals surface area (Å²) in [6, 6.07) is 4.90. The van der Waals surface area contributed by atoms with Crippen molar-refractivity contribution in [3.05, 3.63) is 47.8 Å². The summed E-state index contributed by atoms with van der Waals surface area (Å²) in [4.78, 5) is 50.5. The predicted octanol–water partition coefficient (Wildman–Crippen LogP) is 1.75. The Morgan fingerprint density at radius 1 is 1.11 bits per heavy atom. The number of halogens is 1. The van der Waals surface area contributed by atoms with Crippen LogP contribution in [0.15, 0.2) is 36.4 Å². The maximum atomic E-state index is 12.9. The van der Waals surface area contributed by atoms with Gasteiger partial charge in [0.1, 0.15) is 12.4 Å². The van der Waals surface area contributed by atoms with Crippen LogP contribution in [0.3, 0.4) is 0 Å². The number of benzene rings is 1. The van der Waals surface area contributed by atoms with E-state index in [0.29, 0.717) is 0 Å². The molecule has 0 spiro atoms. The summed E-state index contributed by atoms with van der Waals surface area (Å²) in [6.07, 6.45) is 3.66. The van der Waals surface area contributed by atoms with Crippen LogP contribution in [0.2, 0.25) is 0 Å². The number of likely N-dealkylation sites (tertiary alicyclic amines) is 1. The molecule has 1 saturated carbocycles. The van der Waals surface area contributed by atoms with Crippen molar-refractivity contribution in [1.82, 2.24) is 4.90 Å². The third kappa shape index (κ3) is 2.87. The van der Waals surface area contributed by atoms with Gasteiger partial charge >= 0.3 is 5.97 Å². The highest BCUT2D eigenvalue weighted by molar-refractivity contribution is 6.08. The normalized spacial score (nSPS) is 29.2. The standard InChI is InChI=1S/C20H18FNO5/c1-10(18(24)11-4-6-14(21)7-5-11)27-15(23)9-22-19(25)16-12-2-3-13(8-12)17(16)20(22)26/h2-7,10,12-13,16-17H,8-9H2,1H3/t10-,12-,13-,16+,17+/m0/s1. The fraction of sp³-hybridized carbons (Fsp3) is 0.400. The summed E-state index contributed by atoms with van der Waals surface area (Å²) >= 11 is 0. The van der Waals surface area contributed by atoms with Crippen LogP contribution in [-0.2, 0) is 19.1 Å². The van der Waals surface area contributed by atoms with Crippen LogP contribution in [0.4, 0.5) is 4.39 Å². The zero-order valence-corrected chi connectivity index (χ0v) is 14.6. The second-order valence-electron chi connectivity index (χ2n) is 7.27. The fourth-order valence-electron chi connectivity index (χ4n) is 4.39. The Balaban J connectivity index is 1.38. The number of allylic oxidation sites excluding steroid dienone is 2. The quantitative estimate of drug-likeness (QED) is 0.341. The number of ether oxygens (including phenoxy) is 1. The Morgan fingerprint density at radius 3 is 2.22 bits per heavy atom. The van der Waals surface area contributed by atoms with E-state index in [1.54, 1.807) is 0 Å². The fourth-order valence-corrected chi connectivity index (χ4v) is 4.39. The van der Waals surface area contributed by atoms with E-state index in [4.69, 9.17) is 4.74 Å². The number of imide groups is 1. The van der Waals surface area contributed by atoms with Gasteiger partial charge in [-0.3, -0.25) is 24.1 Å². The van der Waals surface area contributed by atoms with Crippen LogP contribution in [0.1, 0.15) is 23.7 Å². The molecule has 3 aliphatic rings. The Labute approximate surface area is 155 Å². The molecule has 2 fully saturated rings. The topological polar surface area (TPSA) is 80.8 Å². The number of nitrogens with zero attached hydrogens (tertiary/aromatic N) is 1. The van der Waals surface area contributed by atoms with Gasteiger partial charge in [0.15, 0.2) is 6.10 Å². The van der Waals surface area contributed by atoms with Crippen molar-refractivity contribution in [3.63, 3.8) is 0 Å². The Hall–Kier alpha value is -2.83. The number of hydrogen-bond donors (Lipinski definition) is 0. The molecule has 2 amide bonds. The van der Waals surface area contributed by atoms with Gasteiger partial charge in [-0.25, -0.2) is 4.39 Å². The first-order valence-corrected chi connectivity index (χ1v) is 8.89. The number of amides is 2. The van der Waals surface area contributed by atoms with Gasteiger partial charge in [0.25, 0.3) is 0 Å². The van der Waals surface area contributed by atoms with Crippen LogP contribution < -0.4 is 0 Å². The number of rotatable bonds is 5. The van der Waals surface area contributed by atoms with E-state index >= 15 is 0 Å². The number of hydrogen-bond acceptors (Lipinski definition) is 5. The van der Waals surface area contributed by atoms with Crippen LogP contribution in [0.25, 0.3) is 0 Å². The number of Topliss-reactive ketones (excluding diaryl/α,β-unsaturated/α-hetero) is 1. The third-order valence-electron chi connectivity index (χ3n) is 5.66. The molecule has 1 aromatic rings. The summed E-state index contributed by atoms with van der Waals surface area (Å²) in [7, 11) is 0. The SMILES string of the molecule is C[C@H](OC(=O)CN1C(=O)[C@H]2[C@H](C1=O)[C@H]1C=C[C@H]2C1)C(=O)c1ccc(F)cc1. The summed E-state index contributed by atoms with van der Waals surface area (Å²) in [5.41, 5.74) is 0.210. The molecule has 27 heavy (non-hydrogen) atoms. The van der Waals surface area contributed by atoms with E-state index in [0.717, 1.165) is 23.5 Å². The lowest BCUT2D eigenvalue weighted by atomic mass is 9.85. The van der Waals surface area contributed by atoms with Crippen molar-refractivity contribution < 1.29 is 28.3 Å². The average molecular weight is 371 g/mol. The molecule has 0 radical (unpaired) electrons. The van der Waals surface area contributed by atoms with E-state index in [-0.39, 0.29) is 41.0 Å². The molecule has 1 heterocycles. The number of fused-ring (bicyclic) bond motifs is 5. The predicted molar refractivity (Wildman–Crippen MR) is 90.7 cm³/mol. The zero-order chi connectivity index (χ0) is 19.3. The molecule has 0 N–H and O–H groups in total. The van der Waals surface area contributed by atoms with E-state index in [2.05, 4.69) is 0 Å². The molecule has 7 heteroatoms. The Kier molecular flexibility index (Phi) is 4.17. The minimum Gasteiger partial charge on any atom is -0.453 e. The maximum Gasteiger partial charge on any atom is 0.326 e. The zero-order valence-electron chi connectivity index (χ0n) is 14.6. The molecule has 140 valence electrons. The van der Waals surface area contributed by atoms with Crippen molar-refractivity contribution in [1.29, 1.82) is 0 Å². The van der Waals surface area contributed by atoms with Crippen molar-refractivity contribution in [3.8, 4) is 0 Å². The maximum absolute atomic E-state index is 12.9. The van der Waals surface area contributed by atoms with Gasteiger partial charge in [-0.1, -0.05) is 12.2 Å². The Bertz CT molecular complexity index is 832. The second kappa shape index (κ2) is 6.40. The molecule has 0 unspecified atom stereocenters. The lowest BCUT2D eigenvalue weighted by Gasteiger charge is -2.18. The number of esters is 1. The van der Waals surface area contributed by atoms with Gasteiger partial charge in [-0.2, -0.15) is 0 Å². The molecular weight excluding hydrogens is 353 g/mol. The molecule has 1 aromatic carbocycles. The summed E-state index contributed by atoms with van der Waals surface area (Å²) in [6.45, 7) is 0.904. The van der Waals surface area contributed by atoms with Crippen LogP contribution in [-0.4, -0.2) is 41.1 Å². The van der Waals surface area contributed by atoms with Crippen LogP contribution >= 0.6 is 0 Å². The van der Waals surface area contributed by atoms with Crippen LogP contribution in [0, 0.1) is 29.5 Å². The van der Waals surface area contributed by atoms with Gasteiger partial charge in [0.05, 0.1) is 11.8 Å². The first-order chi connectivity index (χ1) is 12.9. The van der Waals surface area contributed by atoms with E-state index in [1.165, 1.54) is 19.1 Å². The second-order valence-corrected chi connectivity index (χ2v) is 7.27. The molecule has 5 atom stereocenters. The highest BCUT2D eigenvalue weighted by Gasteiger charge is 2.59. The van der Waals surface area contributed by atoms with Crippen molar-refractivity contribution in [2.75, 3.05) is 6.54 Å². The number of ketones is 1. The number of carbonyl (C=O) groups excluding carboxylic acids is 4. The van der Waals surface area contributed by atoms with Gasteiger partial charge in [-0.05, 0) is 49.4 Å². The molecule has 6 nitrogen and oxygen atoms in total. The minimum atomic E-state index is -1.10. The van der Waals surface area contributed by atoms with Crippen molar-refractivity contribution >= 4 is 23.6 Å². The van der Waals surface area contributed by atoms with Crippen molar-refractivity contribution in [2.45, 2.75) is 19.4 Å². The summed E-state index contributed by atoms with van der Waals surface area (Å²) in [5, 5.41) is 0. The molecular formula is C20H18FNO5. The highest BCUT2D eigenvalue weighted by atomic mass is 19.1. The van der Waals surface area contributed by atoms with Gasteiger partial charge in [-0.15, -0.1) is 0 Å². The number of carbonyl (C=O) groups is 4. The summed E-state index contributed by atoms with van der Waals surface area (Å²) in [5.74, 6) is -3.07. The molecule has 2 bridgehead atoms. The van der Waals surface area contributed by atoms with Gasteiger partial charge < -0.3 is 4.74 Å². The first-order valence-electron chi connectivity index (χ1n) is 8.89. The van der Waals surface area contributed by atoms with E-state index in [9.17, 15) is 23.6 Å². The average Bonchev–Trinajstić information content (AvgIpc) is 3.32. The first kappa shape index (κ1) is 17.6. The van der Waals surface area contributed by atoms with Gasteiger partial charge in [0, 0.05) is 5.56 Å². The van der Waals surface area contributed by atoms with E-state index in [1.807, 2.05) is 12.2 Å². The largest absolute Gasteiger partial charge is 0.453 e. The molecule has 4 rings (SSSR count). The molecule has 1 saturated heterocycles. The Morgan fingerprint density at radius 2 is 1.67 bits per heavy atom. The monoisotopic (exact) mass is 371 g/mol.